The van der Waals surface area contributed by atoms with E-state index in [2.05, 4.69) is 15.3 Å². The molecule has 19 heavy (non-hydrogen) atoms. The van der Waals surface area contributed by atoms with Crippen molar-refractivity contribution in [3.63, 3.8) is 0 Å². The Morgan fingerprint density at radius 2 is 2.32 bits per heavy atom. The number of rotatable bonds is 5. The monoisotopic (exact) mass is 262 g/mol. The molecule has 0 aliphatic carbocycles. The summed E-state index contributed by atoms with van der Waals surface area (Å²) in [5, 5.41) is 11.9. The molecule has 100 valence electrons. The molecule has 7 nitrogen and oxygen atoms in total. The molecule has 2 rings (SSSR count). The number of oxazole rings is 1. The largest absolute Gasteiger partial charge is 0.478 e. The van der Waals surface area contributed by atoms with Crippen LogP contribution in [-0.2, 0) is 13.0 Å². The summed E-state index contributed by atoms with van der Waals surface area (Å²) in [4.78, 5) is 19.0. The van der Waals surface area contributed by atoms with Gasteiger partial charge in [0.1, 0.15) is 11.6 Å². The maximum absolute atomic E-state index is 10.9. The van der Waals surface area contributed by atoms with Crippen molar-refractivity contribution in [3.05, 3.63) is 35.7 Å². The number of nitrogen functional groups attached to an aromatic ring is 1. The Morgan fingerprint density at radius 3 is 2.95 bits per heavy atom. The summed E-state index contributed by atoms with van der Waals surface area (Å²) >= 11 is 0. The van der Waals surface area contributed by atoms with Crippen molar-refractivity contribution in [1.82, 2.24) is 9.97 Å². The van der Waals surface area contributed by atoms with E-state index >= 15 is 0 Å². The van der Waals surface area contributed by atoms with Gasteiger partial charge in [-0.1, -0.05) is 6.92 Å². The van der Waals surface area contributed by atoms with Crippen molar-refractivity contribution in [2.45, 2.75) is 19.9 Å². The number of anilines is 2. The summed E-state index contributed by atoms with van der Waals surface area (Å²) < 4.78 is 5.41. The molecule has 0 aliphatic rings. The highest BCUT2D eigenvalue weighted by Crippen LogP contribution is 2.20. The highest BCUT2D eigenvalue weighted by molar-refractivity contribution is 5.96. The summed E-state index contributed by atoms with van der Waals surface area (Å²) in [7, 11) is 0. The van der Waals surface area contributed by atoms with Gasteiger partial charge in [-0.2, -0.15) is 0 Å². The van der Waals surface area contributed by atoms with E-state index in [1.165, 1.54) is 12.3 Å². The molecule has 4 N–H and O–H groups in total. The number of aromatic nitrogens is 2. The first-order valence-corrected chi connectivity index (χ1v) is 5.77. The zero-order chi connectivity index (χ0) is 13.8. The Bertz CT molecular complexity index is 594. The average molecular weight is 262 g/mol. The van der Waals surface area contributed by atoms with Crippen LogP contribution < -0.4 is 11.1 Å². The molecule has 0 saturated heterocycles. The molecular formula is C12H14N4O3. The van der Waals surface area contributed by atoms with E-state index in [4.69, 9.17) is 15.3 Å². The minimum absolute atomic E-state index is 0.0131. The van der Waals surface area contributed by atoms with Crippen LogP contribution in [0.5, 0.6) is 0 Å². The maximum atomic E-state index is 10.9. The van der Waals surface area contributed by atoms with Gasteiger partial charge in [0.25, 0.3) is 0 Å². The third-order valence-electron chi connectivity index (χ3n) is 2.58. The predicted octanol–water partition coefficient (Wildman–Crippen LogP) is 1.52. The van der Waals surface area contributed by atoms with E-state index in [0.717, 1.165) is 12.2 Å². The molecule has 0 saturated carbocycles. The van der Waals surface area contributed by atoms with E-state index in [-0.39, 0.29) is 11.3 Å². The Kier molecular flexibility index (Phi) is 3.65. The first-order valence-electron chi connectivity index (χ1n) is 5.77. The number of aryl methyl sites for hydroxylation is 1. The number of carboxylic acids is 1. The average Bonchev–Trinajstić information content (AvgIpc) is 2.85. The number of nitrogens with zero attached hydrogens (tertiary/aromatic N) is 2. The summed E-state index contributed by atoms with van der Waals surface area (Å²) in [6.07, 6.45) is 3.80. The predicted molar refractivity (Wildman–Crippen MR) is 68.8 cm³/mol. The normalized spacial score (nSPS) is 10.4. The zero-order valence-corrected chi connectivity index (χ0v) is 10.4. The molecule has 2 aromatic rings. The van der Waals surface area contributed by atoms with E-state index in [9.17, 15) is 4.79 Å². The van der Waals surface area contributed by atoms with Gasteiger partial charge in [-0.3, -0.25) is 0 Å². The van der Waals surface area contributed by atoms with Crippen LogP contribution in [0.15, 0.2) is 22.9 Å². The summed E-state index contributed by atoms with van der Waals surface area (Å²) in [6.45, 7) is 2.26. The molecule has 0 bridgehead atoms. The van der Waals surface area contributed by atoms with Crippen LogP contribution in [0.2, 0.25) is 0 Å². The molecule has 0 amide bonds. The molecule has 0 spiro atoms. The van der Waals surface area contributed by atoms with Crippen LogP contribution in [0.25, 0.3) is 0 Å². The smallest absolute Gasteiger partial charge is 0.337 e. The van der Waals surface area contributed by atoms with Crippen molar-refractivity contribution in [3.8, 4) is 0 Å². The molecule has 0 fully saturated rings. The number of carbonyl (C=O) groups is 1. The van der Waals surface area contributed by atoms with Gasteiger partial charge in [0, 0.05) is 12.6 Å². The Morgan fingerprint density at radius 1 is 1.53 bits per heavy atom. The molecule has 0 aliphatic heterocycles. The van der Waals surface area contributed by atoms with Crippen molar-refractivity contribution < 1.29 is 14.3 Å². The minimum atomic E-state index is -1.09. The number of pyridine rings is 1. The van der Waals surface area contributed by atoms with Gasteiger partial charge < -0.3 is 20.6 Å². The molecule has 2 aromatic heterocycles. The standard InChI is InChI=1S/C12H14N4O3/c1-2-7-5-15-9(19-7)6-16-11-10(13)8(12(17)18)3-4-14-11/h3-5H,2,6,13H2,1H3,(H,14,16)(H,17,18). The van der Waals surface area contributed by atoms with E-state index in [1.807, 2.05) is 6.92 Å². The van der Waals surface area contributed by atoms with Crippen LogP contribution in [0.1, 0.15) is 28.9 Å². The van der Waals surface area contributed by atoms with Gasteiger partial charge in [0.05, 0.1) is 24.0 Å². The van der Waals surface area contributed by atoms with Crippen molar-refractivity contribution >= 4 is 17.5 Å². The molecule has 0 unspecified atom stereocenters. The van der Waals surface area contributed by atoms with Gasteiger partial charge >= 0.3 is 5.97 Å². The lowest BCUT2D eigenvalue weighted by Gasteiger charge is -2.08. The number of nitrogens with one attached hydrogen (secondary N) is 1. The first-order chi connectivity index (χ1) is 9.11. The summed E-state index contributed by atoms with van der Waals surface area (Å²) in [6, 6.07) is 1.35. The molecule has 0 radical (unpaired) electrons. The van der Waals surface area contributed by atoms with Gasteiger partial charge in [-0.15, -0.1) is 0 Å². The topological polar surface area (TPSA) is 114 Å². The highest BCUT2D eigenvalue weighted by Gasteiger charge is 2.12. The number of hydrogen-bond acceptors (Lipinski definition) is 6. The highest BCUT2D eigenvalue weighted by atomic mass is 16.4. The molecule has 2 heterocycles. The third-order valence-corrected chi connectivity index (χ3v) is 2.58. The fourth-order valence-electron chi connectivity index (χ4n) is 1.55. The summed E-state index contributed by atoms with van der Waals surface area (Å²) in [5.41, 5.74) is 5.83. The second kappa shape index (κ2) is 5.38. The fraction of sp³-hybridized carbons (Fsp3) is 0.250. The van der Waals surface area contributed by atoms with Crippen molar-refractivity contribution in [2.75, 3.05) is 11.1 Å². The lowest BCUT2D eigenvalue weighted by Crippen LogP contribution is -2.09. The second-order valence-corrected chi connectivity index (χ2v) is 3.85. The van der Waals surface area contributed by atoms with Crippen molar-refractivity contribution in [1.29, 1.82) is 0 Å². The van der Waals surface area contributed by atoms with Gasteiger partial charge in [0.2, 0.25) is 5.89 Å². The lowest BCUT2D eigenvalue weighted by atomic mass is 10.2. The van der Waals surface area contributed by atoms with E-state index in [1.54, 1.807) is 6.20 Å². The molecule has 0 aromatic carbocycles. The lowest BCUT2D eigenvalue weighted by molar-refractivity contribution is 0.0698. The van der Waals surface area contributed by atoms with Crippen molar-refractivity contribution in [2.24, 2.45) is 0 Å². The SMILES string of the molecule is CCc1cnc(CNc2nccc(C(=O)O)c2N)o1. The number of hydrogen-bond donors (Lipinski definition) is 3. The number of aromatic carboxylic acids is 1. The maximum Gasteiger partial charge on any atom is 0.337 e. The summed E-state index contributed by atoms with van der Waals surface area (Å²) in [5.74, 6) is 0.499. The Labute approximate surface area is 109 Å². The van der Waals surface area contributed by atoms with Crippen LogP contribution in [0.3, 0.4) is 0 Å². The van der Waals surface area contributed by atoms with E-state index < -0.39 is 5.97 Å². The van der Waals surface area contributed by atoms with Gasteiger partial charge in [0.15, 0.2) is 0 Å². The van der Waals surface area contributed by atoms with E-state index in [0.29, 0.717) is 18.3 Å². The minimum Gasteiger partial charge on any atom is -0.478 e. The number of carboxylic acid groups (broad SMARTS) is 1. The Balaban J connectivity index is 2.11. The second-order valence-electron chi connectivity index (χ2n) is 3.85. The zero-order valence-electron chi connectivity index (χ0n) is 10.4. The molecular weight excluding hydrogens is 248 g/mol. The van der Waals surface area contributed by atoms with Crippen LogP contribution >= 0.6 is 0 Å². The third kappa shape index (κ3) is 2.82. The number of nitrogens with two attached hydrogens (primary N) is 1. The van der Waals surface area contributed by atoms with Gasteiger partial charge in [-0.25, -0.2) is 14.8 Å². The van der Waals surface area contributed by atoms with Crippen LogP contribution in [-0.4, -0.2) is 21.0 Å². The molecule has 0 atom stereocenters. The van der Waals surface area contributed by atoms with Crippen LogP contribution in [0, 0.1) is 0 Å². The van der Waals surface area contributed by atoms with Crippen LogP contribution in [0.4, 0.5) is 11.5 Å². The molecule has 7 heteroatoms. The van der Waals surface area contributed by atoms with Gasteiger partial charge in [-0.05, 0) is 6.07 Å². The fourth-order valence-corrected chi connectivity index (χ4v) is 1.55. The Hall–Kier alpha value is -2.57. The quantitative estimate of drug-likeness (QED) is 0.748. The first kappa shape index (κ1) is 12.9.